The third kappa shape index (κ3) is 5.13. The first-order valence-corrected chi connectivity index (χ1v) is 8.85. The number of hydrogen-bond acceptors (Lipinski definition) is 3. The second-order valence-electron chi connectivity index (χ2n) is 6.84. The summed E-state index contributed by atoms with van der Waals surface area (Å²) in [5.41, 5.74) is 0.952. The van der Waals surface area contributed by atoms with E-state index in [1.807, 2.05) is 29.9 Å². The summed E-state index contributed by atoms with van der Waals surface area (Å²) in [7, 11) is 0. The van der Waals surface area contributed by atoms with Crippen LogP contribution in [-0.2, 0) is 17.9 Å². The van der Waals surface area contributed by atoms with Crippen LogP contribution >= 0.6 is 0 Å². The molecule has 1 saturated heterocycles. The molecule has 0 spiro atoms. The van der Waals surface area contributed by atoms with Crippen LogP contribution in [0, 0.1) is 11.7 Å². The van der Waals surface area contributed by atoms with E-state index in [-0.39, 0.29) is 23.7 Å². The van der Waals surface area contributed by atoms with Crippen molar-refractivity contribution in [3.8, 4) is 0 Å². The van der Waals surface area contributed by atoms with Crippen LogP contribution < -0.4 is 5.32 Å². The lowest BCUT2D eigenvalue weighted by Crippen LogP contribution is -2.46. The summed E-state index contributed by atoms with van der Waals surface area (Å²) in [5, 5.41) is 7.26. The lowest BCUT2D eigenvalue weighted by molar-refractivity contribution is -0.127. The zero-order valence-corrected chi connectivity index (χ0v) is 14.6. The Labute approximate surface area is 147 Å². The van der Waals surface area contributed by atoms with Crippen LogP contribution in [0.3, 0.4) is 0 Å². The first-order valence-electron chi connectivity index (χ1n) is 8.85. The van der Waals surface area contributed by atoms with E-state index in [1.54, 1.807) is 18.3 Å². The van der Waals surface area contributed by atoms with Crippen molar-refractivity contribution >= 4 is 5.91 Å². The quantitative estimate of drug-likeness (QED) is 0.876. The Balaban J connectivity index is 1.50. The first kappa shape index (κ1) is 17.6. The molecule has 0 bridgehead atoms. The number of piperidine rings is 1. The summed E-state index contributed by atoms with van der Waals surface area (Å²) < 4.78 is 15.2. The van der Waals surface area contributed by atoms with Crippen LogP contribution in [0.25, 0.3) is 0 Å². The molecule has 0 radical (unpaired) electrons. The van der Waals surface area contributed by atoms with Crippen molar-refractivity contribution in [2.45, 2.75) is 38.9 Å². The number of halogens is 1. The van der Waals surface area contributed by atoms with Crippen LogP contribution in [0.15, 0.2) is 42.7 Å². The van der Waals surface area contributed by atoms with E-state index in [1.165, 1.54) is 6.07 Å². The number of nitrogens with one attached hydrogen (secondary N) is 1. The minimum absolute atomic E-state index is 0.0117. The van der Waals surface area contributed by atoms with Crippen LogP contribution in [0.1, 0.15) is 25.3 Å². The molecule has 25 heavy (non-hydrogen) atoms. The molecule has 1 aromatic carbocycles. The van der Waals surface area contributed by atoms with E-state index < -0.39 is 0 Å². The first-order chi connectivity index (χ1) is 12.1. The van der Waals surface area contributed by atoms with Gasteiger partial charge in [-0.15, -0.1) is 0 Å². The average molecular weight is 344 g/mol. The van der Waals surface area contributed by atoms with E-state index in [4.69, 9.17) is 0 Å². The highest BCUT2D eigenvalue weighted by atomic mass is 19.1. The van der Waals surface area contributed by atoms with Gasteiger partial charge in [0.1, 0.15) is 5.82 Å². The fourth-order valence-electron chi connectivity index (χ4n) is 3.40. The zero-order chi connectivity index (χ0) is 17.6. The minimum Gasteiger partial charge on any atom is -0.352 e. The summed E-state index contributed by atoms with van der Waals surface area (Å²) in [6.07, 6.45) is 5.52. The van der Waals surface area contributed by atoms with E-state index in [2.05, 4.69) is 15.3 Å². The SMILES string of the molecule is C[C@H](Cn1cccn1)NC(=O)[C@H]1CCCN(Cc2cccc(F)c2)C1. The number of rotatable bonds is 6. The van der Waals surface area contributed by atoms with Crippen LogP contribution in [0.4, 0.5) is 4.39 Å². The highest BCUT2D eigenvalue weighted by molar-refractivity contribution is 5.79. The lowest BCUT2D eigenvalue weighted by atomic mass is 9.96. The second kappa shape index (κ2) is 8.25. The summed E-state index contributed by atoms with van der Waals surface area (Å²) in [6, 6.07) is 8.59. The molecule has 0 saturated carbocycles. The van der Waals surface area contributed by atoms with Crippen molar-refractivity contribution in [2.75, 3.05) is 13.1 Å². The fraction of sp³-hybridized carbons (Fsp3) is 0.474. The standard InChI is InChI=1S/C19H25FN4O/c1-15(12-24-10-4-8-21-24)22-19(25)17-6-3-9-23(14-17)13-16-5-2-7-18(20)11-16/h2,4-5,7-8,10-11,15,17H,3,6,9,12-14H2,1H3,(H,22,25)/t15-,17+/m1/s1. The zero-order valence-electron chi connectivity index (χ0n) is 14.6. The maximum Gasteiger partial charge on any atom is 0.224 e. The Bertz CT molecular complexity index is 688. The average Bonchev–Trinajstić information content (AvgIpc) is 3.08. The van der Waals surface area contributed by atoms with Gasteiger partial charge in [-0.3, -0.25) is 14.4 Å². The summed E-state index contributed by atoms with van der Waals surface area (Å²) >= 11 is 0. The number of likely N-dealkylation sites (tertiary alicyclic amines) is 1. The number of nitrogens with zero attached hydrogens (tertiary/aromatic N) is 3. The third-order valence-corrected chi connectivity index (χ3v) is 4.58. The molecule has 6 heteroatoms. The minimum atomic E-state index is -0.212. The van der Waals surface area contributed by atoms with Gasteiger partial charge in [-0.05, 0) is 50.1 Å². The van der Waals surface area contributed by atoms with Gasteiger partial charge in [0.2, 0.25) is 5.91 Å². The Hall–Kier alpha value is -2.21. The van der Waals surface area contributed by atoms with Crippen molar-refractivity contribution in [3.05, 3.63) is 54.1 Å². The number of benzene rings is 1. The monoisotopic (exact) mass is 344 g/mol. The van der Waals surface area contributed by atoms with Gasteiger partial charge in [-0.1, -0.05) is 12.1 Å². The molecule has 1 amide bonds. The van der Waals surface area contributed by atoms with Gasteiger partial charge in [0, 0.05) is 31.5 Å². The van der Waals surface area contributed by atoms with Crippen LogP contribution in [0.5, 0.6) is 0 Å². The number of aromatic nitrogens is 2. The molecule has 3 rings (SSSR count). The van der Waals surface area contributed by atoms with Gasteiger partial charge in [-0.2, -0.15) is 5.10 Å². The molecule has 1 aromatic heterocycles. The van der Waals surface area contributed by atoms with Crippen molar-refractivity contribution < 1.29 is 9.18 Å². The van der Waals surface area contributed by atoms with Crippen molar-refractivity contribution in [3.63, 3.8) is 0 Å². The molecule has 2 atom stereocenters. The molecule has 1 fully saturated rings. The normalized spacial score (nSPS) is 19.5. The number of carbonyl (C=O) groups excluding carboxylic acids is 1. The van der Waals surface area contributed by atoms with E-state index in [9.17, 15) is 9.18 Å². The second-order valence-corrected chi connectivity index (χ2v) is 6.84. The van der Waals surface area contributed by atoms with Gasteiger partial charge in [0.15, 0.2) is 0 Å². The Kier molecular flexibility index (Phi) is 5.81. The van der Waals surface area contributed by atoms with Gasteiger partial charge >= 0.3 is 0 Å². The lowest BCUT2D eigenvalue weighted by Gasteiger charge is -2.32. The number of hydrogen-bond donors (Lipinski definition) is 1. The molecule has 0 aliphatic carbocycles. The van der Waals surface area contributed by atoms with Crippen molar-refractivity contribution in [2.24, 2.45) is 5.92 Å². The van der Waals surface area contributed by atoms with Gasteiger partial charge < -0.3 is 5.32 Å². The van der Waals surface area contributed by atoms with Crippen LogP contribution in [-0.4, -0.2) is 39.7 Å². The summed E-state index contributed by atoms with van der Waals surface area (Å²) in [6.45, 7) is 5.01. The largest absolute Gasteiger partial charge is 0.352 e. The molecule has 5 nitrogen and oxygen atoms in total. The molecule has 2 aromatic rings. The molecular formula is C19H25FN4O. The number of carbonyl (C=O) groups is 1. The van der Waals surface area contributed by atoms with E-state index >= 15 is 0 Å². The highest BCUT2D eigenvalue weighted by Crippen LogP contribution is 2.19. The van der Waals surface area contributed by atoms with E-state index in [0.717, 1.165) is 31.5 Å². The molecule has 1 aliphatic rings. The van der Waals surface area contributed by atoms with Crippen molar-refractivity contribution in [1.82, 2.24) is 20.0 Å². The van der Waals surface area contributed by atoms with Gasteiger partial charge in [0.05, 0.1) is 12.5 Å². The molecular weight excluding hydrogens is 319 g/mol. The Morgan fingerprint density at radius 3 is 3.08 bits per heavy atom. The summed E-state index contributed by atoms with van der Waals surface area (Å²) in [5.74, 6) is -0.123. The van der Waals surface area contributed by atoms with E-state index in [0.29, 0.717) is 13.1 Å². The van der Waals surface area contributed by atoms with Gasteiger partial charge in [0.25, 0.3) is 0 Å². The Morgan fingerprint density at radius 1 is 1.44 bits per heavy atom. The fourth-order valence-corrected chi connectivity index (χ4v) is 3.40. The van der Waals surface area contributed by atoms with Crippen LogP contribution in [0.2, 0.25) is 0 Å². The highest BCUT2D eigenvalue weighted by Gasteiger charge is 2.26. The predicted octanol–water partition coefficient (Wildman–Crippen LogP) is 2.44. The molecule has 1 aliphatic heterocycles. The van der Waals surface area contributed by atoms with Crippen molar-refractivity contribution in [1.29, 1.82) is 0 Å². The molecule has 2 heterocycles. The third-order valence-electron chi connectivity index (χ3n) is 4.58. The number of amides is 1. The molecule has 1 N–H and O–H groups in total. The smallest absolute Gasteiger partial charge is 0.224 e. The maximum atomic E-state index is 13.3. The predicted molar refractivity (Wildman–Crippen MR) is 94.2 cm³/mol. The maximum absolute atomic E-state index is 13.3. The molecule has 0 unspecified atom stereocenters. The molecule has 134 valence electrons. The topological polar surface area (TPSA) is 50.2 Å². The Morgan fingerprint density at radius 2 is 2.32 bits per heavy atom. The van der Waals surface area contributed by atoms with Gasteiger partial charge in [-0.25, -0.2) is 4.39 Å². The summed E-state index contributed by atoms with van der Waals surface area (Å²) in [4.78, 5) is 14.8.